The van der Waals surface area contributed by atoms with Crippen molar-refractivity contribution in [3.05, 3.63) is 136 Å². The third-order valence-electron chi connectivity index (χ3n) is 11.6. The molecule has 6 atom stereocenters. The van der Waals surface area contributed by atoms with E-state index in [1.807, 2.05) is 0 Å². The number of halogens is 7. The largest absolute Gasteiger partial charge is 0.491 e. The van der Waals surface area contributed by atoms with E-state index in [1.165, 1.54) is 6.07 Å². The number of anilines is 2. The Morgan fingerprint density at radius 3 is 2.02 bits per heavy atom. The molecule has 1 N–H and O–H groups in total. The first-order chi connectivity index (χ1) is 27.1. The van der Waals surface area contributed by atoms with Gasteiger partial charge in [0.05, 0.1) is 52.3 Å². The van der Waals surface area contributed by atoms with Crippen LogP contribution < -0.4 is 14.5 Å². The Hall–Kier alpha value is -5.47. The Morgan fingerprint density at radius 2 is 1.40 bits per heavy atom. The smallest absolute Gasteiger partial charge is 0.416 e. The quantitative estimate of drug-likeness (QED) is 0.115. The van der Waals surface area contributed by atoms with Crippen LogP contribution in [0.25, 0.3) is 0 Å². The van der Waals surface area contributed by atoms with Crippen LogP contribution in [-0.2, 0) is 36.9 Å². The number of allylic oxidation sites excluding steroid dienone is 2. The summed E-state index contributed by atoms with van der Waals surface area (Å²) in [7, 11) is 0. The lowest BCUT2D eigenvalue weighted by Crippen LogP contribution is -2.53. The molecular weight excluding hydrogens is 778 g/mol. The molecule has 1 saturated carbocycles. The van der Waals surface area contributed by atoms with Crippen LogP contribution in [-0.4, -0.2) is 41.9 Å². The van der Waals surface area contributed by atoms with E-state index in [1.54, 1.807) is 78.9 Å². The molecule has 57 heavy (non-hydrogen) atoms. The third kappa shape index (κ3) is 6.11. The summed E-state index contributed by atoms with van der Waals surface area (Å²) in [6.07, 6.45) is -9.02. The van der Waals surface area contributed by atoms with Gasteiger partial charge < -0.3 is 9.84 Å². The highest BCUT2D eigenvalue weighted by atomic mass is 35.5. The zero-order chi connectivity index (χ0) is 40.6. The maximum atomic E-state index is 15.3. The zero-order valence-electron chi connectivity index (χ0n) is 29.6. The second-order valence-corrected chi connectivity index (χ2v) is 14.9. The van der Waals surface area contributed by atoms with Gasteiger partial charge in [0.1, 0.15) is 12.4 Å². The van der Waals surface area contributed by atoms with Gasteiger partial charge in [0.25, 0.3) is 0 Å². The fourth-order valence-corrected chi connectivity index (χ4v) is 9.55. The number of rotatable bonds is 7. The number of nitrogens with zero attached hydrogens (tertiary/aromatic N) is 2. The molecule has 4 aromatic rings. The van der Waals surface area contributed by atoms with E-state index in [0.29, 0.717) is 39.5 Å². The molecule has 2 saturated heterocycles. The number of carbonyl (C=O) groups excluding carboxylic acids is 4. The highest BCUT2D eigenvalue weighted by molar-refractivity contribution is 6.32. The molecule has 2 heterocycles. The summed E-state index contributed by atoms with van der Waals surface area (Å²) in [6.45, 7) is -0.252. The first-order valence-corrected chi connectivity index (χ1v) is 18.4. The lowest BCUT2D eigenvalue weighted by atomic mass is 9.49. The molecule has 0 aromatic heterocycles. The lowest BCUT2D eigenvalue weighted by Gasteiger charge is -2.50. The number of hydrogen-bond donors (Lipinski definition) is 1. The Labute approximate surface area is 326 Å². The van der Waals surface area contributed by atoms with Crippen molar-refractivity contribution in [1.29, 1.82) is 0 Å². The third-order valence-corrected chi connectivity index (χ3v) is 11.8. The van der Waals surface area contributed by atoms with Crippen LogP contribution >= 0.6 is 11.6 Å². The number of aliphatic hydroxyl groups is 1. The fourth-order valence-electron chi connectivity index (χ4n) is 9.36. The molecule has 8 rings (SSSR count). The van der Waals surface area contributed by atoms with Gasteiger partial charge in [0.2, 0.25) is 23.6 Å². The van der Waals surface area contributed by atoms with Crippen molar-refractivity contribution in [2.75, 3.05) is 23.0 Å². The van der Waals surface area contributed by atoms with Gasteiger partial charge in [-0.1, -0.05) is 71.8 Å². The molecule has 2 aliphatic heterocycles. The standard InChI is InChI=1S/C42H31ClF6N2O6/c43-26-7-4-8-27(20-26)51-37(54)33-21-32-30(35(22-9-11-29(12-10-22)57-16-15-52)40(33,39(51)56)23-5-2-1-3-6-23)13-14-31-34(32)38(55)50(36(31)53)28-18-24(41(44,45)46)17-25(19-28)42(47,48)49/h1-13,17-20,31-35,52H,14-16,21H2. The number of hydrogen-bond acceptors (Lipinski definition) is 6. The lowest BCUT2D eigenvalue weighted by molar-refractivity contribution is -0.143. The van der Waals surface area contributed by atoms with Gasteiger partial charge in [-0.25, -0.2) is 9.80 Å². The van der Waals surface area contributed by atoms with E-state index < -0.39 is 87.8 Å². The second-order valence-electron chi connectivity index (χ2n) is 14.5. The number of fused-ring (bicyclic) bond motifs is 4. The summed E-state index contributed by atoms with van der Waals surface area (Å²) in [5.41, 5.74) is -4.12. The molecule has 294 valence electrons. The zero-order valence-corrected chi connectivity index (χ0v) is 30.3. The maximum Gasteiger partial charge on any atom is 0.416 e. The number of aliphatic hydroxyl groups excluding tert-OH is 1. The summed E-state index contributed by atoms with van der Waals surface area (Å²) in [5, 5.41) is 9.56. The van der Waals surface area contributed by atoms with Crippen LogP contribution in [0.2, 0.25) is 5.02 Å². The summed E-state index contributed by atoms with van der Waals surface area (Å²) < 4.78 is 89.1. The van der Waals surface area contributed by atoms with E-state index in [2.05, 4.69) is 0 Å². The monoisotopic (exact) mass is 808 g/mol. The molecule has 2 aliphatic carbocycles. The second kappa shape index (κ2) is 13.9. The van der Waals surface area contributed by atoms with Crippen molar-refractivity contribution in [1.82, 2.24) is 0 Å². The van der Waals surface area contributed by atoms with E-state index in [4.69, 9.17) is 16.3 Å². The minimum atomic E-state index is -5.23. The number of alkyl halides is 6. The van der Waals surface area contributed by atoms with Crippen molar-refractivity contribution in [3.8, 4) is 5.75 Å². The Morgan fingerprint density at radius 1 is 0.737 bits per heavy atom. The van der Waals surface area contributed by atoms with Crippen molar-refractivity contribution in [2.24, 2.45) is 23.7 Å². The molecular formula is C42H31ClF6N2O6. The first kappa shape index (κ1) is 38.4. The molecule has 4 aliphatic rings. The fraction of sp³-hybridized carbons (Fsp3) is 0.286. The molecule has 0 bridgehead atoms. The number of carbonyl (C=O) groups is 4. The van der Waals surface area contributed by atoms with Gasteiger partial charge in [-0.15, -0.1) is 0 Å². The van der Waals surface area contributed by atoms with Crippen LogP contribution in [0.4, 0.5) is 37.7 Å². The summed E-state index contributed by atoms with van der Waals surface area (Å²) in [5.74, 6) is -8.28. The van der Waals surface area contributed by atoms with E-state index in [9.17, 15) is 45.8 Å². The van der Waals surface area contributed by atoms with Crippen LogP contribution in [0.15, 0.2) is 109 Å². The normalized spacial score (nSPS) is 26.0. The molecule has 6 unspecified atom stereocenters. The van der Waals surface area contributed by atoms with Gasteiger partial charge in [0, 0.05) is 10.9 Å². The predicted molar refractivity (Wildman–Crippen MR) is 194 cm³/mol. The minimum Gasteiger partial charge on any atom is -0.491 e. The van der Waals surface area contributed by atoms with Gasteiger partial charge in [-0.3, -0.25) is 19.2 Å². The average molecular weight is 809 g/mol. The van der Waals surface area contributed by atoms with Crippen LogP contribution in [0.5, 0.6) is 5.75 Å². The molecule has 3 fully saturated rings. The van der Waals surface area contributed by atoms with E-state index >= 15 is 4.79 Å². The molecule has 0 radical (unpaired) electrons. The molecule has 0 spiro atoms. The van der Waals surface area contributed by atoms with Crippen LogP contribution in [0.3, 0.4) is 0 Å². The van der Waals surface area contributed by atoms with Crippen molar-refractivity contribution < 1.29 is 55.4 Å². The van der Waals surface area contributed by atoms with Crippen molar-refractivity contribution in [3.63, 3.8) is 0 Å². The molecule has 4 amide bonds. The molecule has 8 nitrogen and oxygen atoms in total. The number of imide groups is 2. The Balaban J connectivity index is 1.31. The van der Waals surface area contributed by atoms with Crippen LogP contribution in [0.1, 0.15) is 41.0 Å². The topological polar surface area (TPSA) is 104 Å². The van der Waals surface area contributed by atoms with Crippen LogP contribution in [0, 0.1) is 23.7 Å². The van der Waals surface area contributed by atoms with Crippen molar-refractivity contribution in [2.45, 2.75) is 36.5 Å². The summed E-state index contributed by atoms with van der Waals surface area (Å²) >= 11 is 6.34. The number of amides is 4. The maximum absolute atomic E-state index is 15.3. The number of benzene rings is 4. The number of ether oxygens (including phenoxy) is 1. The molecule has 4 aromatic carbocycles. The van der Waals surface area contributed by atoms with Crippen molar-refractivity contribution >= 4 is 46.6 Å². The highest BCUT2D eigenvalue weighted by Crippen LogP contribution is 2.64. The van der Waals surface area contributed by atoms with Gasteiger partial charge in [-0.2, -0.15) is 26.3 Å². The predicted octanol–water partition coefficient (Wildman–Crippen LogP) is 8.12. The van der Waals surface area contributed by atoms with E-state index in [-0.39, 0.29) is 42.8 Å². The first-order valence-electron chi connectivity index (χ1n) is 18.0. The van der Waals surface area contributed by atoms with Gasteiger partial charge >= 0.3 is 12.4 Å². The Bertz CT molecular complexity index is 2300. The average Bonchev–Trinajstić information content (AvgIpc) is 3.57. The van der Waals surface area contributed by atoms with Gasteiger partial charge in [0.15, 0.2) is 0 Å². The van der Waals surface area contributed by atoms with E-state index in [0.717, 1.165) is 4.90 Å². The minimum absolute atomic E-state index is 0.000335. The Kier molecular flexibility index (Phi) is 9.35. The SMILES string of the molecule is O=C1C2CC=C3C(CC4C(=O)N(c5cccc(Cl)c5)C(=O)C4(c4ccccc4)C3c3ccc(OCCO)cc3)C2C(=O)N1c1cc(C(F)(F)F)cc(C(F)(F)F)c1. The van der Waals surface area contributed by atoms with Gasteiger partial charge in [-0.05, 0) is 78.4 Å². The molecule has 15 heteroatoms. The highest BCUT2D eigenvalue weighted by Gasteiger charge is 2.70. The summed E-state index contributed by atoms with van der Waals surface area (Å²) in [6, 6.07) is 22.1. The summed E-state index contributed by atoms with van der Waals surface area (Å²) in [4.78, 5) is 60.3.